The van der Waals surface area contributed by atoms with Crippen LogP contribution in [0.4, 0.5) is 11.4 Å². The van der Waals surface area contributed by atoms with E-state index in [0.29, 0.717) is 5.69 Å². The largest absolute Gasteiger partial charge is 0.396 e. The summed E-state index contributed by atoms with van der Waals surface area (Å²) in [6.07, 6.45) is 3.44. The molecule has 0 atom stereocenters. The Morgan fingerprint density at radius 1 is 0.543 bits per heavy atom. The summed E-state index contributed by atoms with van der Waals surface area (Å²) in [5, 5.41) is 4.98. The number of anilines is 1. The van der Waals surface area contributed by atoms with E-state index in [9.17, 15) is 0 Å². The maximum atomic E-state index is 7.00. The zero-order valence-electron chi connectivity index (χ0n) is 26.1. The van der Waals surface area contributed by atoms with Gasteiger partial charge < -0.3 is 5.73 Å². The van der Waals surface area contributed by atoms with Crippen LogP contribution < -0.4 is 5.73 Å². The summed E-state index contributed by atoms with van der Waals surface area (Å²) in [7, 11) is 0. The van der Waals surface area contributed by atoms with Crippen molar-refractivity contribution in [2.24, 2.45) is 4.99 Å². The number of aliphatic imine (C=N–C) groups is 1. The van der Waals surface area contributed by atoms with Crippen LogP contribution in [0.15, 0.2) is 151 Å². The minimum atomic E-state index is -0.175. The third-order valence-corrected chi connectivity index (χ3v) is 9.67. The summed E-state index contributed by atoms with van der Waals surface area (Å²) in [4.78, 5) is 4.85. The minimum absolute atomic E-state index is 0.175. The van der Waals surface area contributed by atoms with Gasteiger partial charge in [0.2, 0.25) is 0 Å². The highest BCUT2D eigenvalue weighted by molar-refractivity contribution is 6.21. The van der Waals surface area contributed by atoms with Gasteiger partial charge in [0.15, 0.2) is 0 Å². The van der Waals surface area contributed by atoms with Crippen LogP contribution in [-0.4, -0.2) is 6.21 Å². The predicted molar refractivity (Wildman–Crippen MR) is 198 cm³/mol. The van der Waals surface area contributed by atoms with E-state index in [4.69, 9.17) is 10.7 Å². The SMILES string of the molecule is C=C/C=N\c1c(N)c(-c2ccc(-c3c4ccccc4c(-c4ccccc4)c4ccccc34)cc2)cc2c1-c1ccccc1C2(C)C. The van der Waals surface area contributed by atoms with Crippen molar-refractivity contribution in [2.75, 3.05) is 5.73 Å². The third kappa shape index (κ3) is 4.14. The molecule has 46 heavy (non-hydrogen) atoms. The Kier molecular flexibility index (Phi) is 6.47. The van der Waals surface area contributed by atoms with Crippen LogP contribution in [0.2, 0.25) is 0 Å². The average Bonchev–Trinajstić information content (AvgIpc) is 3.32. The van der Waals surface area contributed by atoms with Crippen molar-refractivity contribution in [3.63, 3.8) is 0 Å². The van der Waals surface area contributed by atoms with E-state index in [1.807, 2.05) is 0 Å². The summed E-state index contributed by atoms with van der Waals surface area (Å²) in [6.45, 7) is 8.44. The van der Waals surface area contributed by atoms with Gasteiger partial charge in [0.05, 0.1) is 11.4 Å². The van der Waals surface area contributed by atoms with Gasteiger partial charge >= 0.3 is 0 Å². The second kappa shape index (κ2) is 10.7. The lowest BCUT2D eigenvalue weighted by molar-refractivity contribution is 0.661. The molecular weight excluding hydrogens is 556 g/mol. The third-order valence-electron chi connectivity index (χ3n) is 9.67. The van der Waals surface area contributed by atoms with Gasteiger partial charge in [-0.2, -0.15) is 0 Å². The highest BCUT2D eigenvalue weighted by Crippen LogP contribution is 2.56. The van der Waals surface area contributed by atoms with Crippen LogP contribution in [0, 0.1) is 0 Å². The van der Waals surface area contributed by atoms with Crippen LogP contribution in [0.25, 0.3) is 66.1 Å². The zero-order valence-corrected chi connectivity index (χ0v) is 26.1. The van der Waals surface area contributed by atoms with E-state index in [2.05, 4.69) is 154 Å². The number of nitrogens with zero attached hydrogens (tertiary/aromatic N) is 1. The molecule has 0 saturated carbocycles. The Morgan fingerprint density at radius 2 is 1.04 bits per heavy atom. The Hall–Kier alpha value is -5.73. The van der Waals surface area contributed by atoms with Gasteiger partial charge in [-0.15, -0.1) is 0 Å². The topological polar surface area (TPSA) is 38.4 Å². The molecule has 0 amide bonds. The van der Waals surface area contributed by atoms with Crippen molar-refractivity contribution in [1.29, 1.82) is 0 Å². The van der Waals surface area contributed by atoms with Crippen molar-refractivity contribution in [3.8, 4) is 44.5 Å². The molecule has 220 valence electrons. The van der Waals surface area contributed by atoms with Crippen molar-refractivity contribution in [2.45, 2.75) is 19.3 Å². The molecule has 8 rings (SSSR count). The molecule has 7 aromatic carbocycles. The highest BCUT2D eigenvalue weighted by Gasteiger charge is 2.38. The van der Waals surface area contributed by atoms with E-state index in [1.165, 1.54) is 60.5 Å². The van der Waals surface area contributed by atoms with E-state index in [1.54, 1.807) is 12.3 Å². The molecule has 0 heterocycles. The Bertz CT molecular complexity index is 2290. The number of nitrogen functional groups attached to an aromatic ring is 1. The molecule has 1 aliphatic carbocycles. The average molecular weight is 591 g/mol. The second-order valence-electron chi connectivity index (χ2n) is 12.6. The van der Waals surface area contributed by atoms with Crippen LogP contribution in [-0.2, 0) is 5.41 Å². The van der Waals surface area contributed by atoms with Crippen molar-refractivity contribution in [3.05, 3.63) is 157 Å². The molecule has 0 aromatic heterocycles. The first-order valence-corrected chi connectivity index (χ1v) is 15.8. The fourth-order valence-corrected chi connectivity index (χ4v) is 7.51. The van der Waals surface area contributed by atoms with Crippen LogP contribution >= 0.6 is 0 Å². The minimum Gasteiger partial charge on any atom is -0.396 e. The standard InChI is InChI=1S/C44H34N2/c1-4-26-46-43-41-35-20-12-13-21-37(35)44(2,3)38(41)27-36(42(43)45)28-22-24-30(25-23-28)40-33-18-10-8-16-31(33)39(29-14-6-5-7-15-29)32-17-9-11-19-34(32)40/h4-27H,1,45H2,2-3H3/b46-26-. The number of hydrogen-bond acceptors (Lipinski definition) is 2. The first-order valence-electron chi connectivity index (χ1n) is 15.8. The van der Waals surface area contributed by atoms with Crippen LogP contribution in [0.5, 0.6) is 0 Å². The van der Waals surface area contributed by atoms with E-state index >= 15 is 0 Å². The molecule has 7 aromatic rings. The molecule has 0 unspecified atom stereocenters. The number of allylic oxidation sites excluding steroid dienone is 1. The van der Waals surface area contributed by atoms with Gasteiger partial charge in [0.1, 0.15) is 0 Å². The normalized spacial score (nSPS) is 13.3. The number of benzene rings is 7. The summed E-state index contributed by atoms with van der Waals surface area (Å²) in [5.74, 6) is 0. The van der Waals surface area contributed by atoms with Gasteiger partial charge in [0.25, 0.3) is 0 Å². The van der Waals surface area contributed by atoms with Crippen molar-refractivity contribution >= 4 is 39.1 Å². The number of hydrogen-bond donors (Lipinski definition) is 1. The summed E-state index contributed by atoms with van der Waals surface area (Å²) in [5.41, 5.74) is 20.1. The maximum Gasteiger partial charge on any atom is 0.0946 e. The number of nitrogens with two attached hydrogens (primary N) is 1. The molecule has 0 spiro atoms. The predicted octanol–water partition coefficient (Wildman–Crippen LogP) is 11.8. The van der Waals surface area contributed by atoms with Crippen LogP contribution in [0.3, 0.4) is 0 Å². The monoisotopic (exact) mass is 590 g/mol. The Labute approximate surface area is 270 Å². The quantitative estimate of drug-likeness (QED) is 0.121. The molecule has 0 fully saturated rings. The summed E-state index contributed by atoms with van der Waals surface area (Å²) >= 11 is 0. The second-order valence-corrected chi connectivity index (χ2v) is 12.6. The lowest BCUT2D eigenvalue weighted by Crippen LogP contribution is -2.15. The van der Waals surface area contributed by atoms with Gasteiger partial charge in [-0.25, -0.2) is 0 Å². The fourth-order valence-electron chi connectivity index (χ4n) is 7.51. The molecule has 1 aliphatic rings. The number of fused-ring (bicyclic) bond motifs is 5. The molecule has 0 saturated heterocycles. The summed E-state index contributed by atoms with van der Waals surface area (Å²) in [6, 6.07) is 48.1. The molecule has 0 aliphatic heterocycles. The molecule has 0 bridgehead atoms. The Balaban J connectivity index is 1.33. The smallest absolute Gasteiger partial charge is 0.0946 e. The lowest BCUT2D eigenvalue weighted by atomic mass is 9.81. The first kappa shape index (κ1) is 27.8. The Morgan fingerprint density at radius 3 is 1.63 bits per heavy atom. The van der Waals surface area contributed by atoms with Gasteiger partial charge in [0, 0.05) is 22.8 Å². The number of rotatable bonds is 5. The fraction of sp³-hybridized carbons (Fsp3) is 0.0682. The van der Waals surface area contributed by atoms with E-state index < -0.39 is 0 Å². The molecule has 2 heteroatoms. The van der Waals surface area contributed by atoms with Gasteiger partial charge in [-0.3, -0.25) is 4.99 Å². The van der Waals surface area contributed by atoms with Gasteiger partial charge in [-0.1, -0.05) is 154 Å². The van der Waals surface area contributed by atoms with Gasteiger partial charge in [-0.05, 0) is 72.1 Å². The zero-order chi connectivity index (χ0) is 31.4. The van der Waals surface area contributed by atoms with Crippen LogP contribution in [0.1, 0.15) is 25.0 Å². The molecular formula is C44H34N2. The molecule has 2 nitrogen and oxygen atoms in total. The van der Waals surface area contributed by atoms with Crippen molar-refractivity contribution in [1.82, 2.24) is 0 Å². The van der Waals surface area contributed by atoms with Crippen molar-refractivity contribution < 1.29 is 0 Å². The maximum absolute atomic E-state index is 7.00. The lowest BCUT2D eigenvalue weighted by Gasteiger charge is -2.23. The highest BCUT2D eigenvalue weighted by atomic mass is 14.8. The molecule has 2 N–H and O–H groups in total. The molecule has 0 radical (unpaired) electrons. The van der Waals surface area contributed by atoms with E-state index in [-0.39, 0.29) is 5.41 Å². The summed E-state index contributed by atoms with van der Waals surface area (Å²) < 4.78 is 0. The first-order chi connectivity index (χ1) is 22.5. The van der Waals surface area contributed by atoms with E-state index in [0.717, 1.165) is 22.4 Å².